The van der Waals surface area contributed by atoms with E-state index in [1.54, 1.807) is 0 Å². The Balaban J connectivity index is -0.000000845. The van der Waals surface area contributed by atoms with E-state index in [4.69, 9.17) is 22.9 Å². The van der Waals surface area contributed by atoms with E-state index in [1.807, 2.05) is 27.7 Å². The summed E-state index contributed by atoms with van der Waals surface area (Å²) in [5.41, 5.74) is 22.7. The first-order valence-corrected chi connectivity index (χ1v) is 4.69. The Morgan fingerprint density at radius 3 is 1.00 bits per heavy atom. The average molecular weight is 275 g/mol. The molecule has 0 unspecified atom stereocenters. The molecule has 0 bridgehead atoms. The molecule has 100 valence electrons. The molecule has 0 spiro atoms. The van der Waals surface area contributed by atoms with Gasteiger partial charge in [0.1, 0.15) is 0 Å². The highest BCUT2D eigenvalue weighted by atomic mass is 35.5. The van der Waals surface area contributed by atoms with Crippen molar-refractivity contribution < 1.29 is 0 Å². The Labute approximate surface area is 109 Å². The molecule has 0 fully saturated rings. The van der Waals surface area contributed by atoms with Crippen LogP contribution >= 0.6 is 24.8 Å². The lowest BCUT2D eigenvalue weighted by molar-refractivity contribution is 0.264. The fourth-order valence-electron chi connectivity index (χ4n) is 0.404. The van der Waals surface area contributed by atoms with Gasteiger partial charge in [-0.05, 0) is 0 Å². The summed E-state index contributed by atoms with van der Waals surface area (Å²) in [7, 11) is 0. The van der Waals surface area contributed by atoms with E-state index in [1.165, 1.54) is 0 Å². The van der Waals surface area contributed by atoms with Gasteiger partial charge >= 0.3 is 0 Å². The minimum Gasteiger partial charge on any atom is -0.293 e. The van der Waals surface area contributed by atoms with Crippen molar-refractivity contribution in [2.24, 2.45) is 45.0 Å². The van der Waals surface area contributed by atoms with Crippen LogP contribution in [0.3, 0.4) is 0 Å². The Morgan fingerprint density at radius 2 is 0.875 bits per heavy atom. The average Bonchev–Trinajstić information content (AvgIpc) is 2.01. The summed E-state index contributed by atoms with van der Waals surface area (Å²) in [5.74, 6) is -2.49. The molecule has 0 rings (SSSR count). The number of nitrogens with two attached hydrogens (primary N) is 4. The van der Waals surface area contributed by atoms with Gasteiger partial charge in [-0.2, -0.15) is 10.2 Å². The zero-order chi connectivity index (χ0) is 11.6. The molecule has 0 atom stereocenters. The van der Waals surface area contributed by atoms with Gasteiger partial charge in [0.15, 0.2) is 11.6 Å². The fraction of sp³-hybridized carbons (Fsp3) is 1.00. The lowest BCUT2D eigenvalue weighted by Gasteiger charge is -2.27. The Kier molecular flexibility index (Phi) is 9.82. The van der Waals surface area contributed by atoms with Crippen molar-refractivity contribution in [2.45, 2.75) is 39.3 Å². The zero-order valence-corrected chi connectivity index (χ0v) is 11.8. The van der Waals surface area contributed by atoms with Gasteiger partial charge in [-0.1, -0.05) is 27.7 Å². The molecular weight excluding hydrogens is 251 g/mol. The second kappa shape index (κ2) is 7.37. The van der Waals surface area contributed by atoms with Gasteiger partial charge in [0, 0.05) is 11.8 Å². The molecule has 6 nitrogen and oxygen atoms in total. The van der Waals surface area contributed by atoms with Crippen molar-refractivity contribution in [3.63, 3.8) is 0 Å². The number of nitrogens with zero attached hydrogens (tertiary/aromatic N) is 2. The molecule has 0 aliphatic carbocycles. The normalized spacial score (nSPS) is 12.9. The summed E-state index contributed by atoms with van der Waals surface area (Å²) in [6.45, 7) is 7.40. The monoisotopic (exact) mass is 274 g/mol. The summed E-state index contributed by atoms with van der Waals surface area (Å²) in [6, 6.07) is 0. The highest BCUT2D eigenvalue weighted by Crippen LogP contribution is 2.14. The lowest BCUT2D eigenvalue weighted by Crippen LogP contribution is -2.55. The summed E-state index contributed by atoms with van der Waals surface area (Å²) in [5, 5.41) is 7.56. The van der Waals surface area contributed by atoms with Crippen LogP contribution in [-0.2, 0) is 0 Å². The number of rotatable bonds is 4. The first kappa shape index (κ1) is 21.3. The smallest absolute Gasteiger partial charge is 0.182 e. The Hall–Kier alpha value is 0.0200. The van der Waals surface area contributed by atoms with E-state index in [0.717, 1.165) is 0 Å². The maximum Gasteiger partial charge on any atom is 0.182 e. The SMILES string of the molecule is CC(C)C(N)(N)N=NC(N)(N)C(C)C.Cl.Cl. The third-order valence-electron chi connectivity index (χ3n) is 2.25. The van der Waals surface area contributed by atoms with E-state index < -0.39 is 11.6 Å². The molecule has 16 heavy (non-hydrogen) atoms. The maximum atomic E-state index is 5.67. The van der Waals surface area contributed by atoms with Crippen LogP contribution in [0.2, 0.25) is 0 Å². The van der Waals surface area contributed by atoms with Crippen molar-refractivity contribution in [3.05, 3.63) is 0 Å². The molecule has 8 heteroatoms. The van der Waals surface area contributed by atoms with Crippen LogP contribution in [0.15, 0.2) is 10.2 Å². The highest BCUT2D eigenvalue weighted by Gasteiger charge is 2.27. The summed E-state index contributed by atoms with van der Waals surface area (Å²) in [6.07, 6.45) is 0. The highest BCUT2D eigenvalue weighted by molar-refractivity contribution is 5.85. The minimum absolute atomic E-state index is 0. The number of azo groups is 1. The predicted octanol–water partition coefficient (Wildman–Crippen LogP) is 0.737. The van der Waals surface area contributed by atoms with Crippen molar-refractivity contribution in [1.82, 2.24) is 0 Å². The van der Waals surface area contributed by atoms with Gasteiger partial charge in [-0.15, -0.1) is 24.8 Å². The number of halogens is 2. The quantitative estimate of drug-likeness (QED) is 0.445. The second-order valence-electron chi connectivity index (χ2n) is 4.28. The third-order valence-corrected chi connectivity index (χ3v) is 2.25. The summed E-state index contributed by atoms with van der Waals surface area (Å²) >= 11 is 0. The first-order chi connectivity index (χ1) is 6.09. The molecule has 0 aromatic rings. The Morgan fingerprint density at radius 1 is 0.688 bits per heavy atom. The van der Waals surface area contributed by atoms with Crippen molar-refractivity contribution in [1.29, 1.82) is 0 Å². The maximum absolute atomic E-state index is 5.67. The molecule has 0 aliphatic heterocycles. The summed E-state index contributed by atoms with van der Waals surface area (Å²) in [4.78, 5) is 0. The van der Waals surface area contributed by atoms with Crippen LogP contribution in [0.5, 0.6) is 0 Å². The topological polar surface area (TPSA) is 129 Å². The molecule has 0 aromatic heterocycles. The number of hydrogen-bond acceptors (Lipinski definition) is 6. The van der Waals surface area contributed by atoms with E-state index in [0.29, 0.717) is 0 Å². The van der Waals surface area contributed by atoms with Crippen LogP contribution in [0, 0.1) is 11.8 Å². The fourth-order valence-corrected chi connectivity index (χ4v) is 0.404. The van der Waals surface area contributed by atoms with Gasteiger partial charge in [-0.25, -0.2) is 0 Å². The van der Waals surface area contributed by atoms with Crippen LogP contribution in [0.25, 0.3) is 0 Å². The van der Waals surface area contributed by atoms with Crippen molar-refractivity contribution in [2.75, 3.05) is 0 Å². The van der Waals surface area contributed by atoms with Crippen molar-refractivity contribution in [3.8, 4) is 0 Å². The third kappa shape index (κ3) is 6.57. The molecule has 0 amide bonds. The van der Waals surface area contributed by atoms with E-state index in [9.17, 15) is 0 Å². The Bertz CT molecular complexity index is 193. The van der Waals surface area contributed by atoms with Crippen LogP contribution in [0.1, 0.15) is 27.7 Å². The molecular formula is C8H24Cl2N6. The molecule has 0 saturated heterocycles. The summed E-state index contributed by atoms with van der Waals surface area (Å²) < 4.78 is 0. The van der Waals surface area contributed by atoms with Crippen LogP contribution in [-0.4, -0.2) is 11.6 Å². The van der Waals surface area contributed by atoms with Gasteiger partial charge in [0.05, 0.1) is 0 Å². The van der Waals surface area contributed by atoms with Gasteiger partial charge in [-0.3, -0.25) is 22.9 Å². The first-order valence-electron chi connectivity index (χ1n) is 4.69. The van der Waals surface area contributed by atoms with E-state index in [-0.39, 0.29) is 36.6 Å². The molecule has 8 N–H and O–H groups in total. The molecule has 0 radical (unpaired) electrons. The lowest BCUT2D eigenvalue weighted by atomic mass is 10.1. The minimum atomic E-state index is -1.21. The van der Waals surface area contributed by atoms with Crippen LogP contribution < -0.4 is 22.9 Å². The van der Waals surface area contributed by atoms with Gasteiger partial charge in [0.25, 0.3) is 0 Å². The van der Waals surface area contributed by atoms with E-state index in [2.05, 4.69) is 10.2 Å². The second-order valence-corrected chi connectivity index (χ2v) is 4.28. The zero-order valence-electron chi connectivity index (χ0n) is 10.2. The van der Waals surface area contributed by atoms with Crippen LogP contribution in [0.4, 0.5) is 0 Å². The van der Waals surface area contributed by atoms with Gasteiger partial charge in [0.2, 0.25) is 0 Å². The molecule has 0 heterocycles. The molecule has 0 aromatic carbocycles. The molecule has 0 aliphatic rings. The predicted molar refractivity (Wildman–Crippen MR) is 71.2 cm³/mol. The van der Waals surface area contributed by atoms with Crippen molar-refractivity contribution >= 4 is 24.8 Å². The standard InChI is InChI=1S/C8H22N6.2ClH/c1-5(2)7(9,10)13-14-8(11,12)6(3)4;;/h5-6H,9-12H2,1-4H3;2*1H. The van der Waals surface area contributed by atoms with E-state index >= 15 is 0 Å². The largest absolute Gasteiger partial charge is 0.293 e. The van der Waals surface area contributed by atoms with Gasteiger partial charge < -0.3 is 0 Å². The molecule has 0 saturated carbocycles. The number of hydrogen-bond donors (Lipinski definition) is 4.